The zero-order chi connectivity index (χ0) is 24.1. The molecule has 2 fully saturated rings. The predicted molar refractivity (Wildman–Crippen MR) is 126 cm³/mol. The lowest BCUT2D eigenvalue weighted by Crippen LogP contribution is -2.47. The van der Waals surface area contributed by atoms with Gasteiger partial charge in [-0.2, -0.15) is 0 Å². The van der Waals surface area contributed by atoms with E-state index in [0.717, 1.165) is 35.1 Å². The Morgan fingerprint density at radius 3 is 2.18 bits per heavy atom. The number of carboxylic acid groups (broad SMARTS) is 1. The molecule has 178 valence electrons. The fourth-order valence-corrected chi connectivity index (χ4v) is 5.61. The molecule has 7 nitrogen and oxygen atoms in total. The van der Waals surface area contributed by atoms with Gasteiger partial charge < -0.3 is 20.1 Å². The topological polar surface area (TPSA) is 95.9 Å². The van der Waals surface area contributed by atoms with Crippen molar-refractivity contribution in [2.75, 3.05) is 19.7 Å². The van der Waals surface area contributed by atoms with Crippen LogP contribution in [0.25, 0.3) is 11.1 Å². The molecule has 0 aromatic heterocycles. The van der Waals surface area contributed by atoms with Crippen LogP contribution in [0.2, 0.25) is 0 Å². The van der Waals surface area contributed by atoms with E-state index in [9.17, 15) is 19.5 Å². The molecule has 2 aliphatic carbocycles. The van der Waals surface area contributed by atoms with Crippen LogP contribution in [0.4, 0.5) is 4.79 Å². The first-order chi connectivity index (χ1) is 16.2. The number of carboxylic acids is 1. The molecule has 1 heterocycles. The standard InChI is InChI=1S/C27H30N2O5/c1-26(2,13-23(30)29-14-22(24(31)32)27(16-29)11-12-27)28-25(33)34-15-21-19-9-5-3-7-17(19)18-8-4-6-10-20(18)21/h3-10,21-22H,11-16H2,1-2H3,(H,28,33)(H,31,32). The SMILES string of the molecule is CC(C)(CC(=O)N1CC(C(=O)O)C2(CC2)C1)NC(=O)OCC1c2ccccc2-c2ccccc21. The molecule has 2 N–H and O–H groups in total. The molecular formula is C27H30N2O5. The summed E-state index contributed by atoms with van der Waals surface area (Å²) in [6, 6.07) is 16.3. The van der Waals surface area contributed by atoms with Gasteiger partial charge in [0.15, 0.2) is 0 Å². The maximum atomic E-state index is 12.9. The van der Waals surface area contributed by atoms with Gasteiger partial charge >= 0.3 is 12.1 Å². The average Bonchev–Trinajstić information content (AvgIpc) is 3.33. The van der Waals surface area contributed by atoms with Gasteiger partial charge in [0.2, 0.25) is 5.91 Å². The highest BCUT2D eigenvalue weighted by Crippen LogP contribution is 2.56. The van der Waals surface area contributed by atoms with Crippen molar-refractivity contribution in [3.8, 4) is 11.1 Å². The lowest BCUT2D eigenvalue weighted by Gasteiger charge is -2.28. The number of hydrogen-bond acceptors (Lipinski definition) is 4. The zero-order valence-corrected chi connectivity index (χ0v) is 19.5. The van der Waals surface area contributed by atoms with E-state index < -0.39 is 23.5 Å². The number of nitrogens with one attached hydrogen (secondary N) is 1. The Hall–Kier alpha value is -3.35. The third kappa shape index (κ3) is 4.04. The first kappa shape index (κ1) is 22.4. The summed E-state index contributed by atoms with van der Waals surface area (Å²) >= 11 is 0. The lowest BCUT2D eigenvalue weighted by atomic mass is 9.93. The molecule has 1 saturated heterocycles. The smallest absolute Gasteiger partial charge is 0.407 e. The van der Waals surface area contributed by atoms with Crippen LogP contribution in [0.15, 0.2) is 48.5 Å². The first-order valence-corrected chi connectivity index (χ1v) is 11.8. The number of benzene rings is 2. The Bertz CT molecular complexity index is 1110. The number of carbonyl (C=O) groups is 3. The Kier molecular flexibility index (Phi) is 5.38. The molecule has 1 spiro atoms. The molecule has 1 aliphatic heterocycles. The predicted octanol–water partition coefficient (Wildman–Crippen LogP) is 4.02. The van der Waals surface area contributed by atoms with E-state index in [-0.39, 0.29) is 36.8 Å². The van der Waals surface area contributed by atoms with Crippen molar-refractivity contribution in [1.82, 2.24) is 10.2 Å². The number of ether oxygens (including phenoxy) is 1. The third-order valence-corrected chi connectivity index (χ3v) is 7.57. The first-order valence-electron chi connectivity index (χ1n) is 11.8. The highest BCUT2D eigenvalue weighted by Gasteiger charge is 2.58. The van der Waals surface area contributed by atoms with Crippen molar-refractivity contribution in [3.05, 3.63) is 59.7 Å². The molecular weight excluding hydrogens is 432 g/mol. The summed E-state index contributed by atoms with van der Waals surface area (Å²) in [5.41, 5.74) is 3.54. The monoisotopic (exact) mass is 462 g/mol. The van der Waals surface area contributed by atoms with E-state index in [1.807, 2.05) is 24.3 Å². The average molecular weight is 463 g/mol. The molecule has 0 bridgehead atoms. The van der Waals surface area contributed by atoms with Crippen molar-refractivity contribution in [3.63, 3.8) is 0 Å². The minimum Gasteiger partial charge on any atom is -0.481 e. The Morgan fingerprint density at radius 1 is 1.06 bits per heavy atom. The third-order valence-electron chi connectivity index (χ3n) is 7.57. The molecule has 7 heteroatoms. The Morgan fingerprint density at radius 2 is 1.65 bits per heavy atom. The summed E-state index contributed by atoms with van der Waals surface area (Å²) < 4.78 is 5.62. The van der Waals surface area contributed by atoms with E-state index in [4.69, 9.17) is 4.74 Å². The molecule has 3 aliphatic rings. The van der Waals surface area contributed by atoms with Crippen LogP contribution in [-0.2, 0) is 14.3 Å². The molecule has 1 saturated carbocycles. The molecule has 1 atom stereocenters. The largest absolute Gasteiger partial charge is 0.481 e. The van der Waals surface area contributed by atoms with Crippen LogP contribution in [0, 0.1) is 11.3 Å². The lowest BCUT2D eigenvalue weighted by molar-refractivity contribution is -0.143. The molecule has 0 radical (unpaired) electrons. The van der Waals surface area contributed by atoms with E-state index in [1.54, 1.807) is 18.7 Å². The quantitative estimate of drug-likeness (QED) is 0.676. The van der Waals surface area contributed by atoms with Crippen LogP contribution >= 0.6 is 0 Å². The van der Waals surface area contributed by atoms with Gasteiger partial charge in [0.05, 0.1) is 5.92 Å². The van der Waals surface area contributed by atoms with E-state index in [1.165, 1.54) is 0 Å². The highest BCUT2D eigenvalue weighted by atomic mass is 16.5. The molecule has 2 aromatic rings. The maximum absolute atomic E-state index is 12.9. The highest BCUT2D eigenvalue weighted by molar-refractivity contribution is 5.82. The second-order valence-electron chi connectivity index (χ2n) is 10.5. The summed E-state index contributed by atoms with van der Waals surface area (Å²) in [6.45, 7) is 4.51. The van der Waals surface area contributed by atoms with Gasteiger partial charge in [0.25, 0.3) is 0 Å². The second-order valence-corrected chi connectivity index (χ2v) is 10.5. The molecule has 34 heavy (non-hydrogen) atoms. The Balaban J connectivity index is 1.18. The summed E-state index contributed by atoms with van der Waals surface area (Å²) in [5.74, 6) is -1.49. The number of fused-ring (bicyclic) bond motifs is 3. The van der Waals surface area contributed by atoms with Crippen LogP contribution in [0.3, 0.4) is 0 Å². The van der Waals surface area contributed by atoms with Gasteiger partial charge in [0, 0.05) is 36.4 Å². The summed E-state index contributed by atoms with van der Waals surface area (Å²) in [6.07, 6.45) is 1.23. The zero-order valence-electron chi connectivity index (χ0n) is 19.5. The van der Waals surface area contributed by atoms with Crippen LogP contribution < -0.4 is 5.32 Å². The van der Waals surface area contributed by atoms with E-state index >= 15 is 0 Å². The van der Waals surface area contributed by atoms with Crippen LogP contribution in [-0.4, -0.2) is 53.2 Å². The number of hydrogen-bond donors (Lipinski definition) is 2. The van der Waals surface area contributed by atoms with Crippen LogP contribution in [0.5, 0.6) is 0 Å². The van der Waals surface area contributed by atoms with Gasteiger partial charge in [0.1, 0.15) is 6.61 Å². The Labute approximate surface area is 199 Å². The van der Waals surface area contributed by atoms with Gasteiger partial charge in [-0.3, -0.25) is 9.59 Å². The normalized spacial score (nSPS) is 20.1. The van der Waals surface area contributed by atoms with E-state index in [2.05, 4.69) is 29.6 Å². The minimum absolute atomic E-state index is 0.0322. The van der Waals surface area contributed by atoms with Gasteiger partial charge in [-0.25, -0.2) is 4.79 Å². The number of aliphatic carboxylic acids is 1. The van der Waals surface area contributed by atoms with Crippen molar-refractivity contribution in [2.24, 2.45) is 11.3 Å². The number of alkyl carbamates (subject to hydrolysis) is 1. The van der Waals surface area contributed by atoms with Crippen molar-refractivity contribution >= 4 is 18.0 Å². The number of carbonyl (C=O) groups excluding carboxylic acids is 2. The van der Waals surface area contributed by atoms with Gasteiger partial charge in [-0.05, 0) is 48.9 Å². The van der Waals surface area contributed by atoms with E-state index in [0.29, 0.717) is 6.54 Å². The van der Waals surface area contributed by atoms with Gasteiger partial charge in [-0.1, -0.05) is 48.5 Å². The molecule has 2 aromatic carbocycles. The number of amides is 2. The van der Waals surface area contributed by atoms with Crippen molar-refractivity contribution < 1.29 is 24.2 Å². The van der Waals surface area contributed by atoms with Crippen molar-refractivity contribution in [1.29, 1.82) is 0 Å². The second kappa shape index (κ2) is 8.15. The summed E-state index contributed by atoms with van der Waals surface area (Å²) in [4.78, 5) is 38.8. The molecule has 5 rings (SSSR count). The fourth-order valence-electron chi connectivity index (χ4n) is 5.61. The van der Waals surface area contributed by atoms with Crippen LogP contribution in [0.1, 0.15) is 50.2 Å². The minimum atomic E-state index is -0.830. The summed E-state index contributed by atoms with van der Waals surface area (Å²) in [5, 5.41) is 12.3. The number of likely N-dealkylation sites (tertiary alicyclic amines) is 1. The fraction of sp³-hybridized carbons (Fsp3) is 0.444. The van der Waals surface area contributed by atoms with Gasteiger partial charge in [-0.15, -0.1) is 0 Å². The number of nitrogens with zero attached hydrogens (tertiary/aromatic N) is 1. The maximum Gasteiger partial charge on any atom is 0.407 e. The number of rotatable bonds is 6. The molecule has 2 amide bonds. The molecule has 1 unspecified atom stereocenters. The summed E-state index contributed by atoms with van der Waals surface area (Å²) in [7, 11) is 0. The van der Waals surface area contributed by atoms with Crippen molar-refractivity contribution in [2.45, 2.75) is 44.6 Å².